The summed E-state index contributed by atoms with van der Waals surface area (Å²) in [6.45, 7) is 4.06. The summed E-state index contributed by atoms with van der Waals surface area (Å²) >= 11 is 0. The van der Waals surface area contributed by atoms with Gasteiger partial charge in [0, 0.05) is 24.2 Å². The first-order valence-corrected chi connectivity index (χ1v) is 9.46. The van der Waals surface area contributed by atoms with Gasteiger partial charge in [0.15, 0.2) is 11.5 Å². The highest BCUT2D eigenvalue weighted by atomic mass is 16.5. The van der Waals surface area contributed by atoms with Gasteiger partial charge in [-0.25, -0.2) is 0 Å². The molecule has 2 N–H and O–H groups in total. The van der Waals surface area contributed by atoms with E-state index in [1.807, 2.05) is 24.3 Å². The molecule has 0 aromatic heterocycles. The van der Waals surface area contributed by atoms with Crippen molar-refractivity contribution in [1.29, 1.82) is 0 Å². The Labute approximate surface area is 162 Å². The maximum Gasteiger partial charge on any atom is 0.161 e. The number of methoxy groups -OCH3 is 3. The first kappa shape index (κ1) is 19.5. The molecule has 0 unspecified atom stereocenters. The quantitative estimate of drug-likeness (QED) is 0.781. The van der Waals surface area contributed by atoms with E-state index in [2.05, 4.69) is 35.8 Å². The van der Waals surface area contributed by atoms with Crippen molar-refractivity contribution >= 4 is 0 Å². The third-order valence-corrected chi connectivity index (χ3v) is 5.26. The average molecular weight is 370 g/mol. The van der Waals surface area contributed by atoms with E-state index in [0.717, 1.165) is 36.8 Å². The highest BCUT2D eigenvalue weighted by Gasteiger charge is 2.30. The number of rotatable bonds is 7. The lowest BCUT2D eigenvalue weighted by molar-refractivity contribution is 0.250. The van der Waals surface area contributed by atoms with Crippen molar-refractivity contribution in [1.82, 2.24) is 10.6 Å². The second-order valence-electron chi connectivity index (χ2n) is 7.14. The molecule has 146 valence electrons. The molecule has 1 heterocycles. The third kappa shape index (κ3) is 4.54. The maximum absolute atomic E-state index is 5.49. The number of nitrogens with one attached hydrogen (secondary N) is 2. The summed E-state index contributed by atoms with van der Waals surface area (Å²) in [5.74, 6) is 3.06. The molecule has 2 aromatic carbocycles. The van der Waals surface area contributed by atoms with Gasteiger partial charge < -0.3 is 24.8 Å². The van der Waals surface area contributed by atoms with Crippen molar-refractivity contribution in [3.63, 3.8) is 0 Å². The first-order chi connectivity index (χ1) is 13.2. The fourth-order valence-corrected chi connectivity index (χ4v) is 3.81. The van der Waals surface area contributed by atoms with Crippen LogP contribution in [-0.4, -0.2) is 33.9 Å². The van der Waals surface area contributed by atoms with E-state index in [0.29, 0.717) is 12.0 Å². The van der Waals surface area contributed by atoms with Crippen molar-refractivity contribution in [2.24, 2.45) is 5.92 Å². The van der Waals surface area contributed by atoms with Crippen LogP contribution in [0.1, 0.15) is 30.5 Å². The molecule has 0 spiro atoms. The molecule has 1 saturated heterocycles. The Morgan fingerprint density at radius 2 is 1.70 bits per heavy atom. The second-order valence-corrected chi connectivity index (χ2v) is 7.14. The van der Waals surface area contributed by atoms with Gasteiger partial charge in [-0.05, 0) is 42.6 Å². The lowest BCUT2D eigenvalue weighted by atomic mass is 9.87. The zero-order valence-corrected chi connectivity index (χ0v) is 16.6. The van der Waals surface area contributed by atoms with Gasteiger partial charge in [-0.3, -0.25) is 0 Å². The molecule has 1 fully saturated rings. The van der Waals surface area contributed by atoms with Gasteiger partial charge in [0.05, 0.1) is 21.3 Å². The smallest absolute Gasteiger partial charge is 0.161 e. The molecule has 1 aliphatic rings. The van der Waals surface area contributed by atoms with Gasteiger partial charge >= 0.3 is 0 Å². The zero-order chi connectivity index (χ0) is 19.2. The number of hydrogen-bond donors (Lipinski definition) is 2. The Kier molecular flexibility index (Phi) is 6.58. The van der Waals surface area contributed by atoms with Crippen LogP contribution in [0, 0.1) is 5.92 Å². The van der Waals surface area contributed by atoms with Crippen molar-refractivity contribution in [3.05, 3.63) is 53.6 Å². The molecular formula is C22H30N2O3. The number of piperidine rings is 1. The van der Waals surface area contributed by atoms with E-state index in [4.69, 9.17) is 14.2 Å². The van der Waals surface area contributed by atoms with E-state index >= 15 is 0 Å². The second kappa shape index (κ2) is 9.11. The van der Waals surface area contributed by atoms with Gasteiger partial charge in [0.25, 0.3) is 0 Å². The monoisotopic (exact) mass is 370 g/mol. The van der Waals surface area contributed by atoms with Crippen molar-refractivity contribution in [2.45, 2.75) is 32.0 Å². The van der Waals surface area contributed by atoms with Crippen LogP contribution >= 0.6 is 0 Å². The van der Waals surface area contributed by atoms with Crippen molar-refractivity contribution in [3.8, 4) is 17.2 Å². The fourth-order valence-electron chi connectivity index (χ4n) is 3.81. The third-order valence-electron chi connectivity index (χ3n) is 5.26. The Hall–Kier alpha value is -2.24. The summed E-state index contributed by atoms with van der Waals surface area (Å²) in [6.07, 6.45) is 1.11. The van der Waals surface area contributed by atoms with Crippen molar-refractivity contribution in [2.75, 3.05) is 27.9 Å². The SMILES string of the molecule is COc1ccccc1CN[C@@H]1C[C@H](C)CN[C@@H]1c1ccc(OC)c(OC)c1. The van der Waals surface area contributed by atoms with Crippen LogP contribution < -0.4 is 24.8 Å². The number of benzene rings is 2. The number of para-hydroxylation sites is 1. The number of hydrogen-bond acceptors (Lipinski definition) is 5. The van der Waals surface area contributed by atoms with Gasteiger partial charge in [-0.2, -0.15) is 0 Å². The van der Waals surface area contributed by atoms with Gasteiger partial charge in [-0.15, -0.1) is 0 Å². The van der Waals surface area contributed by atoms with Gasteiger partial charge in [-0.1, -0.05) is 31.2 Å². The zero-order valence-electron chi connectivity index (χ0n) is 16.6. The van der Waals surface area contributed by atoms with Crippen LogP contribution in [0.5, 0.6) is 17.2 Å². The predicted octanol–water partition coefficient (Wildman–Crippen LogP) is 3.54. The summed E-state index contributed by atoms with van der Waals surface area (Å²) in [5, 5.41) is 7.44. The molecule has 5 nitrogen and oxygen atoms in total. The van der Waals surface area contributed by atoms with E-state index in [1.54, 1.807) is 21.3 Å². The summed E-state index contributed by atoms with van der Waals surface area (Å²) in [4.78, 5) is 0. The predicted molar refractivity (Wildman–Crippen MR) is 108 cm³/mol. The summed E-state index contributed by atoms with van der Waals surface area (Å²) in [7, 11) is 5.06. The van der Waals surface area contributed by atoms with Gasteiger partial charge in [0.2, 0.25) is 0 Å². The Balaban J connectivity index is 1.79. The fraction of sp³-hybridized carbons (Fsp3) is 0.455. The molecule has 0 amide bonds. The molecule has 3 rings (SSSR count). The van der Waals surface area contributed by atoms with Crippen LogP contribution in [0.3, 0.4) is 0 Å². The molecule has 27 heavy (non-hydrogen) atoms. The molecule has 2 aromatic rings. The van der Waals surface area contributed by atoms with Crippen molar-refractivity contribution < 1.29 is 14.2 Å². The maximum atomic E-state index is 5.49. The topological polar surface area (TPSA) is 51.8 Å². The summed E-state index contributed by atoms with van der Waals surface area (Å²) in [5.41, 5.74) is 2.38. The minimum absolute atomic E-state index is 0.218. The minimum Gasteiger partial charge on any atom is -0.496 e. The minimum atomic E-state index is 0.218. The summed E-state index contributed by atoms with van der Waals surface area (Å²) < 4.78 is 16.4. The van der Waals surface area contributed by atoms with E-state index < -0.39 is 0 Å². The van der Waals surface area contributed by atoms with E-state index in [1.165, 1.54) is 11.1 Å². The standard InChI is InChI=1S/C22H30N2O3/c1-15-11-18(23-14-17-7-5-6-8-19(17)25-2)22(24-13-15)16-9-10-20(26-3)21(12-16)27-4/h5-10,12,15,18,22-24H,11,13-14H2,1-4H3/t15-,18+,22+/m0/s1. The summed E-state index contributed by atoms with van der Waals surface area (Å²) in [6, 6.07) is 14.9. The highest BCUT2D eigenvalue weighted by molar-refractivity contribution is 5.44. The lowest BCUT2D eigenvalue weighted by Gasteiger charge is -2.37. The van der Waals surface area contributed by atoms with E-state index in [9.17, 15) is 0 Å². The molecule has 3 atom stereocenters. The van der Waals surface area contributed by atoms with Crippen LogP contribution in [0.15, 0.2) is 42.5 Å². The molecule has 1 aliphatic heterocycles. The Bertz CT molecular complexity index is 750. The van der Waals surface area contributed by atoms with Gasteiger partial charge in [0.1, 0.15) is 5.75 Å². The first-order valence-electron chi connectivity index (χ1n) is 9.46. The molecule has 0 bridgehead atoms. The Morgan fingerprint density at radius 1 is 0.963 bits per heavy atom. The molecule has 5 heteroatoms. The largest absolute Gasteiger partial charge is 0.496 e. The van der Waals surface area contributed by atoms with E-state index in [-0.39, 0.29) is 6.04 Å². The van der Waals surface area contributed by atoms with Crippen LogP contribution in [0.25, 0.3) is 0 Å². The molecule has 0 radical (unpaired) electrons. The number of ether oxygens (including phenoxy) is 3. The molecule has 0 saturated carbocycles. The normalized spacial score (nSPS) is 22.3. The molecule has 0 aliphatic carbocycles. The lowest BCUT2D eigenvalue weighted by Crippen LogP contribution is -2.48. The van der Waals surface area contributed by atoms with Crippen LogP contribution in [0.2, 0.25) is 0 Å². The Morgan fingerprint density at radius 3 is 2.44 bits per heavy atom. The molecular weight excluding hydrogens is 340 g/mol. The average Bonchev–Trinajstić information content (AvgIpc) is 2.72. The van der Waals surface area contributed by atoms with Crippen LogP contribution in [0.4, 0.5) is 0 Å². The van der Waals surface area contributed by atoms with Crippen LogP contribution in [-0.2, 0) is 6.54 Å². The highest BCUT2D eigenvalue weighted by Crippen LogP contribution is 2.33.